The molecule has 0 amide bonds. The first-order valence-corrected chi connectivity index (χ1v) is 4.99. The number of nitrogens with zero attached hydrogens (tertiary/aromatic N) is 2. The Morgan fingerprint density at radius 2 is 2.50 bits per heavy atom. The van der Waals surface area contributed by atoms with Gasteiger partial charge in [-0.25, -0.2) is 4.62 Å². The van der Waals surface area contributed by atoms with Crippen molar-refractivity contribution >= 4 is 23.7 Å². The molecule has 0 aromatic rings. The van der Waals surface area contributed by atoms with Gasteiger partial charge in [-0.05, 0) is 0 Å². The van der Waals surface area contributed by atoms with Crippen molar-refractivity contribution in [3.8, 4) is 6.07 Å². The molecule has 1 unspecified atom stereocenters. The van der Waals surface area contributed by atoms with Crippen LogP contribution in [0.1, 0.15) is 0 Å². The van der Waals surface area contributed by atoms with Gasteiger partial charge in [0.25, 0.3) is 0 Å². The van der Waals surface area contributed by atoms with Crippen LogP contribution in [-0.2, 0) is 9.19 Å². The van der Waals surface area contributed by atoms with Gasteiger partial charge in [-0.2, -0.15) is 5.26 Å². The van der Waals surface area contributed by atoms with Gasteiger partial charge in [-0.3, -0.25) is 4.57 Å². The van der Waals surface area contributed by atoms with Crippen molar-refractivity contribution in [2.75, 3.05) is 13.2 Å². The predicted molar refractivity (Wildman–Crippen MR) is 38.1 cm³/mol. The van der Waals surface area contributed by atoms with Gasteiger partial charge in [0, 0.05) is 22.8 Å². The lowest BCUT2D eigenvalue weighted by molar-refractivity contribution is 0.0602. The average Bonchev–Trinajstić information content (AvgIpc) is 1.59. The molecule has 0 aliphatic carbocycles. The molecule has 10 heavy (non-hydrogen) atoms. The molecule has 0 heterocycles. The zero-order valence-electron chi connectivity index (χ0n) is 5.19. The number of nitriles is 1. The lowest BCUT2D eigenvalue weighted by atomic mass is 10.8. The zero-order valence-corrected chi connectivity index (χ0v) is 7.67. The maximum atomic E-state index is 10.5. The van der Waals surface area contributed by atoms with E-state index in [0.717, 1.165) is 10.8 Å². The maximum Gasteiger partial charge on any atom is 0.342 e. The lowest BCUT2D eigenvalue weighted by Crippen LogP contribution is -2.09. The van der Waals surface area contributed by atoms with Crippen LogP contribution in [0.25, 0.3) is 0 Å². The van der Waals surface area contributed by atoms with Crippen molar-refractivity contribution in [1.82, 2.24) is 4.09 Å². The summed E-state index contributed by atoms with van der Waals surface area (Å²) in [7, 11) is -3.52. The molecular formula is C3H6BrN2O3P. The third-order valence-corrected chi connectivity index (χ3v) is 1.55. The van der Waals surface area contributed by atoms with Gasteiger partial charge in [0.15, 0.2) is 0 Å². The first kappa shape index (κ1) is 10.1. The van der Waals surface area contributed by atoms with Crippen molar-refractivity contribution in [1.29, 1.82) is 5.26 Å². The van der Waals surface area contributed by atoms with Gasteiger partial charge >= 0.3 is 7.60 Å². The van der Waals surface area contributed by atoms with Crippen molar-refractivity contribution in [2.45, 2.75) is 0 Å². The molecule has 1 N–H and O–H groups in total. The molecule has 0 spiro atoms. The van der Waals surface area contributed by atoms with Gasteiger partial charge in [0.2, 0.25) is 0 Å². The van der Waals surface area contributed by atoms with Crippen LogP contribution in [0, 0.1) is 11.3 Å². The van der Waals surface area contributed by atoms with Crippen molar-refractivity contribution < 1.29 is 14.1 Å². The third-order valence-electron chi connectivity index (χ3n) is 0.435. The molecular weight excluding hydrogens is 223 g/mol. The van der Waals surface area contributed by atoms with E-state index >= 15 is 0 Å². The van der Waals surface area contributed by atoms with Gasteiger partial charge in [0.05, 0.1) is 6.07 Å². The van der Waals surface area contributed by atoms with E-state index in [4.69, 9.17) is 10.2 Å². The van der Waals surface area contributed by atoms with Crippen LogP contribution in [0.3, 0.4) is 0 Å². The molecule has 0 bridgehead atoms. The van der Waals surface area contributed by atoms with Crippen LogP contribution in [0.5, 0.6) is 0 Å². The Balaban J connectivity index is 3.71. The summed E-state index contributed by atoms with van der Waals surface area (Å²) in [5.74, 6) is 0. The number of hydrogen-bond donors (Lipinski definition) is 1. The fraction of sp³-hybridized carbons (Fsp3) is 0.667. The minimum absolute atomic E-state index is 0.113. The predicted octanol–water partition coefficient (Wildman–Crippen LogP) is 0.869. The topological polar surface area (TPSA) is 73.6 Å². The Kier molecular flexibility index (Phi) is 4.09. The fourth-order valence-electron chi connectivity index (χ4n) is 0.249. The zero-order chi connectivity index (χ0) is 8.20. The second kappa shape index (κ2) is 4.06. The Morgan fingerprint density at radius 3 is 2.80 bits per heavy atom. The Hall–Kier alpha value is 0.0800. The normalized spacial score (nSPS) is 16.3. The highest BCUT2D eigenvalue weighted by atomic mass is 79.9. The highest BCUT2D eigenvalue weighted by molar-refractivity contribution is 9.07. The minimum Gasteiger partial charge on any atom is -0.324 e. The van der Waals surface area contributed by atoms with E-state index in [-0.39, 0.29) is 6.54 Å². The van der Waals surface area contributed by atoms with Crippen LogP contribution in [-0.4, -0.2) is 22.2 Å². The molecule has 0 rings (SSSR count). The fourth-order valence-corrected chi connectivity index (χ4v) is 1.47. The number of hydrogen-bond acceptors (Lipinski definition) is 4. The molecule has 0 saturated heterocycles. The van der Waals surface area contributed by atoms with Crippen molar-refractivity contribution in [3.63, 3.8) is 0 Å². The van der Waals surface area contributed by atoms with Crippen LogP contribution in [0.2, 0.25) is 0 Å². The highest BCUT2D eigenvalue weighted by Gasteiger charge is 2.14. The molecule has 1 atom stereocenters. The SMILES string of the molecule is CP(=O)(O)ON(Br)CC#N. The summed E-state index contributed by atoms with van der Waals surface area (Å²) in [4.78, 5) is 8.57. The van der Waals surface area contributed by atoms with E-state index in [9.17, 15) is 4.57 Å². The standard InChI is InChI=1S/C3H6BrN2O3P/c1-10(7,8)9-6(4)3-2-5/h3H2,1H3,(H,7,8). The van der Waals surface area contributed by atoms with Crippen molar-refractivity contribution in [3.05, 3.63) is 0 Å². The monoisotopic (exact) mass is 228 g/mol. The van der Waals surface area contributed by atoms with Gasteiger partial charge in [-0.15, -0.1) is 0 Å². The molecule has 0 aromatic carbocycles. The first-order chi connectivity index (χ1) is 4.45. The molecule has 5 nitrogen and oxygen atoms in total. The summed E-state index contributed by atoms with van der Waals surface area (Å²) in [6.45, 7) is 0.914. The van der Waals surface area contributed by atoms with Gasteiger partial charge in [-0.1, -0.05) is 4.09 Å². The molecule has 7 heteroatoms. The molecule has 0 aliphatic heterocycles. The average molecular weight is 229 g/mol. The Morgan fingerprint density at radius 1 is 2.00 bits per heavy atom. The van der Waals surface area contributed by atoms with E-state index < -0.39 is 7.60 Å². The smallest absolute Gasteiger partial charge is 0.324 e. The molecule has 0 aromatic heterocycles. The quantitative estimate of drug-likeness (QED) is 0.336. The summed E-state index contributed by atoms with van der Waals surface area (Å²) in [5.41, 5.74) is 0. The van der Waals surface area contributed by atoms with Gasteiger partial charge < -0.3 is 4.89 Å². The van der Waals surface area contributed by atoms with E-state index in [1.54, 1.807) is 6.07 Å². The molecule has 58 valence electrons. The van der Waals surface area contributed by atoms with E-state index in [2.05, 4.69) is 20.8 Å². The second-order valence-electron chi connectivity index (χ2n) is 1.52. The van der Waals surface area contributed by atoms with E-state index in [0.29, 0.717) is 0 Å². The second-order valence-corrected chi connectivity index (χ2v) is 4.08. The summed E-state index contributed by atoms with van der Waals surface area (Å²) in [6.07, 6.45) is 0. The summed E-state index contributed by atoms with van der Waals surface area (Å²) < 4.78 is 15.6. The third kappa shape index (κ3) is 6.20. The van der Waals surface area contributed by atoms with Gasteiger partial charge in [0.1, 0.15) is 6.54 Å². The summed E-state index contributed by atoms with van der Waals surface area (Å²) >= 11 is 2.73. The maximum absolute atomic E-state index is 10.5. The molecule has 0 aliphatic rings. The molecule has 0 fully saturated rings. The van der Waals surface area contributed by atoms with E-state index in [1.807, 2.05) is 0 Å². The summed E-state index contributed by atoms with van der Waals surface area (Å²) in [6, 6.07) is 1.71. The molecule has 0 radical (unpaired) electrons. The summed E-state index contributed by atoms with van der Waals surface area (Å²) in [5, 5.41) is 8.06. The van der Waals surface area contributed by atoms with Crippen molar-refractivity contribution in [2.24, 2.45) is 0 Å². The first-order valence-electron chi connectivity index (χ1n) is 2.26. The largest absolute Gasteiger partial charge is 0.342 e. The van der Waals surface area contributed by atoms with Crippen LogP contribution >= 0.6 is 23.7 Å². The highest BCUT2D eigenvalue weighted by Crippen LogP contribution is 2.38. The number of hydroxylamine groups is 1. The Bertz CT molecular complexity index is 185. The minimum atomic E-state index is -3.52. The lowest BCUT2D eigenvalue weighted by Gasteiger charge is -2.11. The molecule has 0 saturated carbocycles. The van der Waals surface area contributed by atoms with Crippen LogP contribution in [0.15, 0.2) is 0 Å². The number of halogens is 1. The Labute approximate surface area is 67.0 Å². The van der Waals surface area contributed by atoms with E-state index in [1.165, 1.54) is 0 Å². The van der Waals surface area contributed by atoms with Crippen LogP contribution in [0.4, 0.5) is 0 Å². The number of rotatable bonds is 3. The van der Waals surface area contributed by atoms with Crippen LogP contribution < -0.4 is 0 Å².